The predicted molar refractivity (Wildman–Crippen MR) is 49.4 cm³/mol. The highest BCUT2D eigenvalue weighted by atomic mass is 19.3. The molecule has 0 unspecified atom stereocenters. The van der Waals surface area contributed by atoms with Gasteiger partial charge in [-0.15, -0.1) is 0 Å². The SMILES string of the molecule is COc1cc([N+](=O)[O-])nc(C(=O)O)c1C(F)F. The van der Waals surface area contributed by atoms with E-state index in [0.29, 0.717) is 6.07 Å². The van der Waals surface area contributed by atoms with Gasteiger partial charge in [0.2, 0.25) is 0 Å². The van der Waals surface area contributed by atoms with Crippen LogP contribution in [0.1, 0.15) is 22.5 Å². The molecule has 17 heavy (non-hydrogen) atoms. The monoisotopic (exact) mass is 248 g/mol. The van der Waals surface area contributed by atoms with Crippen LogP contribution in [-0.2, 0) is 0 Å². The van der Waals surface area contributed by atoms with Crippen molar-refractivity contribution in [2.75, 3.05) is 7.11 Å². The average Bonchev–Trinajstić information content (AvgIpc) is 2.26. The first-order valence-corrected chi connectivity index (χ1v) is 4.13. The van der Waals surface area contributed by atoms with Crippen molar-refractivity contribution in [3.05, 3.63) is 27.4 Å². The molecule has 0 aliphatic heterocycles. The van der Waals surface area contributed by atoms with Crippen molar-refractivity contribution >= 4 is 11.8 Å². The molecule has 1 aromatic rings. The van der Waals surface area contributed by atoms with Gasteiger partial charge in [0.25, 0.3) is 12.1 Å². The van der Waals surface area contributed by atoms with Gasteiger partial charge in [-0.05, 0) is 9.91 Å². The Bertz CT molecular complexity index is 477. The van der Waals surface area contributed by atoms with E-state index in [-0.39, 0.29) is 0 Å². The first kappa shape index (κ1) is 12.7. The van der Waals surface area contributed by atoms with Gasteiger partial charge in [-0.2, -0.15) is 0 Å². The molecule has 0 aliphatic carbocycles. The normalized spacial score (nSPS) is 10.4. The number of carboxylic acids is 1. The minimum absolute atomic E-state index is 0.584. The van der Waals surface area contributed by atoms with Crippen LogP contribution in [0.5, 0.6) is 5.75 Å². The number of pyridine rings is 1. The van der Waals surface area contributed by atoms with Crippen molar-refractivity contribution in [3.8, 4) is 5.75 Å². The summed E-state index contributed by atoms with van der Waals surface area (Å²) in [6, 6.07) is 0.647. The quantitative estimate of drug-likeness (QED) is 0.641. The summed E-state index contributed by atoms with van der Waals surface area (Å²) in [5.41, 5.74) is -2.07. The maximum absolute atomic E-state index is 12.6. The number of alkyl halides is 2. The Labute approximate surface area is 92.8 Å². The molecule has 0 aromatic carbocycles. The van der Waals surface area contributed by atoms with Crippen LogP contribution in [0, 0.1) is 10.1 Å². The maximum Gasteiger partial charge on any atom is 0.381 e. The van der Waals surface area contributed by atoms with Crippen molar-refractivity contribution in [2.45, 2.75) is 6.43 Å². The van der Waals surface area contributed by atoms with Gasteiger partial charge in [0, 0.05) is 0 Å². The summed E-state index contributed by atoms with van der Waals surface area (Å²) >= 11 is 0. The lowest BCUT2D eigenvalue weighted by molar-refractivity contribution is -0.389. The largest absolute Gasteiger partial charge is 0.496 e. The minimum atomic E-state index is -3.16. The van der Waals surface area contributed by atoms with Crippen LogP contribution in [0.3, 0.4) is 0 Å². The van der Waals surface area contributed by atoms with Crippen LogP contribution in [0.15, 0.2) is 6.07 Å². The lowest BCUT2D eigenvalue weighted by Crippen LogP contribution is -2.10. The molecule has 0 atom stereocenters. The minimum Gasteiger partial charge on any atom is -0.496 e. The van der Waals surface area contributed by atoms with E-state index < -0.39 is 40.1 Å². The van der Waals surface area contributed by atoms with Crippen molar-refractivity contribution in [3.63, 3.8) is 0 Å². The van der Waals surface area contributed by atoms with Crippen LogP contribution in [0.2, 0.25) is 0 Å². The second kappa shape index (κ2) is 4.68. The summed E-state index contributed by atoms with van der Waals surface area (Å²) in [6.45, 7) is 0. The first-order chi connectivity index (χ1) is 7.88. The Morgan fingerprint density at radius 2 is 2.24 bits per heavy atom. The fraction of sp³-hybridized carbons (Fsp3) is 0.250. The van der Waals surface area contributed by atoms with E-state index in [4.69, 9.17) is 5.11 Å². The van der Waals surface area contributed by atoms with Crippen molar-refractivity contribution < 1.29 is 28.3 Å². The Hall–Kier alpha value is -2.32. The van der Waals surface area contributed by atoms with Crippen molar-refractivity contribution in [2.24, 2.45) is 0 Å². The topological polar surface area (TPSA) is 103 Å². The van der Waals surface area contributed by atoms with Crippen LogP contribution >= 0.6 is 0 Å². The summed E-state index contributed by atoms with van der Waals surface area (Å²) in [5, 5.41) is 19.1. The first-order valence-electron chi connectivity index (χ1n) is 4.13. The second-order valence-corrected chi connectivity index (χ2v) is 2.81. The van der Waals surface area contributed by atoms with Gasteiger partial charge in [0.15, 0.2) is 0 Å². The molecule has 1 heterocycles. The molecule has 0 bridgehead atoms. The van der Waals surface area contributed by atoms with E-state index >= 15 is 0 Å². The Kier molecular flexibility index (Phi) is 3.51. The highest BCUT2D eigenvalue weighted by Gasteiger charge is 2.31. The third kappa shape index (κ3) is 2.44. The molecular weight excluding hydrogens is 242 g/mol. The molecule has 1 N–H and O–H groups in total. The van der Waals surface area contributed by atoms with Crippen LogP contribution in [0.25, 0.3) is 0 Å². The average molecular weight is 248 g/mol. The fourth-order valence-electron chi connectivity index (χ4n) is 1.16. The van der Waals surface area contributed by atoms with E-state index in [1.165, 1.54) is 0 Å². The molecule has 9 heteroatoms. The standard InChI is InChI=1S/C8H6F2N2O5/c1-17-3-2-4(12(15)16)11-6(8(13)14)5(3)7(9)10/h2,7H,1H3,(H,13,14). The third-order valence-electron chi connectivity index (χ3n) is 1.83. The number of methoxy groups -OCH3 is 1. The van der Waals surface area contributed by atoms with Crippen LogP contribution in [0.4, 0.5) is 14.6 Å². The van der Waals surface area contributed by atoms with Gasteiger partial charge in [0.05, 0.1) is 13.2 Å². The molecule has 1 aromatic heterocycles. The van der Waals surface area contributed by atoms with E-state index in [0.717, 1.165) is 7.11 Å². The van der Waals surface area contributed by atoms with E-state index in [9.17, 15) is 23.7 Å². The predicted octanol–water partition coefficient (Wildman–Crippen LogP) is 1.63. The van der Waals surface area contributed by atoms with Gasteiger partial charge in [-0.25, -0.2) is 13.6 Å². The molecule has 92 valence electrons. The smallest absolute Gasteiger partial charge is 0.381 e. The van der Waals surface area contributed by atoms with Gasteiger partial charge >= 0.3 is 11.8 Å². The number of nitrogens with zero attached hydrogens (tertiary/aromatic N) is 2. The zero-order chi connectivity index (χ0) is 13.2. The zero-order valence-corrected chi connectivity index (χ0v) is 8.39. The zero-order valence-electron chi connectivity index (χ0n) is 8.39. The van der Waals surface area contributed by atoms with Crippen LogP contribution in [-0.4, -0.2) is 28.1 Å². The van der Waals surface area contributed by atoms with Gasteiger partial charge in [-0.1, -0.05) is 0 Å². The summed E-state index contributed by atoms with van der Waals surface area (Å²) < 4.78 is 29.7. The number of carboxylic acid groups (broad SMARTS) is 1. The number of rotatable bonds is 4. The number of hydrogen-bond acceptors (Lipinski definition) is 5. The number of halogens is 2. The van der Waals surface area contributed by atoms with Gasteiger partial charge in [0.1, 0.15) is 11.3 Å². The Morgan fingerprint density at radius 1 is 1.65 bits per heavy atom. The summed E-state index contributed by atoms with van der Waals surface area (Å²) in [5.74, 6) is -3.25. The lowest BCUT2D eigenvalue weighted by Gasteiger charge is -2.07. The molecule has 0 aliphatic rings. The molecule has 0 saturated heterocycles. The molecule has 0 radical (unpaired) electrons. The number of hydrogen-bond donors (Lipinski definition) is 1. The molecule has 0 saturated carbocycles. The van der Waals surface area contributed by atoms with Crippen molar-refractivity contribution in [1.29, 1.82) is 0 Å². The number of aromatic nitrogens is 1. The van der Waals surface area contributed by atoms with E-state index in [1.54, 1.807) is 0 Å². The maximum atomic E-state index is 12.6. The highest BCUT2D eigenvalue weighted by Crippen LogP contribution is 2.33. The number of ether oxygens (including phenoxy) is 1. The summed E-state index contributed by atoms with van der Waals surface area (Å²) in [7, 11) is 0.997. The van der Waals surface area contributed by atoms with Gasteiger partial charge in [-0.3, -0.25) is 0 Å². The summed E-state index contributed by atoms with van der Waals surface area (Å²) in [4.78, 5) is 23.2. The van der Waals surface area contributed by atoms with E-state index in [2.05, 4.69) is 9.72 Å². The lowest BCUT2D eigenvalue weighted by atomic mass is 10.1. The van der Waals surface area contributed by atoms with E-state index in [1.807, 2.05) is 0 Å². The van der Waals surface area contributed by atoms with Crippen LogP contribution < -0.4 is 4.74 Å². The molecule has 0 spiro atoms. The number of carbonyl (C=O) groups is 1. The van der Waals surface area contributed by atoms with Crippen molar-refractivity contribution in [1.82, 2.24) is 4.98 Å². The fourth-order valence-corrected chi connectivity index (χ4v) is 1.16. The molecule has 7 nitrogen and oxygen atoms in total. The summed E-state index contributed by atoms with van der Waals surface area (Å²) in [6.07, 6.45) is -3.16. The Balaban J connectivity index is 3.57. The third-order valence-corrected chi connectivity index (χ3v) is 1.83. The number of nitro groups is 1. The molecule has 1 rings (SSSR count). The highest BCUT2D eigenvalue weighted by molar-refractivity contribution is 5.88. The second-order valence-electron chi connectivity index (χ2n) is 2.81. The van der Waals surface area contributed by atoms with Gasteiger partial charge < -0.3 is 20.0 Å². The molecule has 0 amide bonds. The Morgan fingerprint density at radius 3 is 2.59 bits per heavy atom. The molecular formula is C8H6F2N2O5. The molecule has 0 fully saturated rings. The number of aromatic carboxylic acids is 1.